The summed E-state index contributed by atoms with van der Waals surface area (Å²) in [7, 11) is 0. The second-order valence-electron chi connectivity index (χ2n) is 5.50. The fraction of sp³-hybridized carbons (Fsp3) is 0.250. The summed E-state index contributed by atoms with van der Waals surface area (Å²) < 4.78 is 0. The lowest BCUT2D eigenvalue weighted by molar-refractivity contribution is 0.530. The average molecular weight is 277 g/mol. The minimum absolute atomic E-state index is 0.226. The van der Waals surface area contributed by atoms with Gasteiger partial charge in [-0.25, -0.2) is 0 Å². The van der Waals surface area contributed by atoms with Crippen LogP contribution in [-0.2, 0) is 0 Å². The van der Waals surface area contributed by atoms with Crippen LogP contribution in [0.2, 0.25) is 0 Å². The first-order valence-electron chi connectivity index (χ1n) is 7.53. The quantitative estimate of drug-likeness (QED) is 0.504. The molecule has 0 spiro atoms. The molecule has 0 fully saturated rings. The molecule has 2 rings (SSSR count). The molecule has 2 aromatic carbocycles. The highest BCUT2D eigenvalue weighted by Crippen LogP contribution is 2.22. The summed E-state index contributed by atoms with van der Waals surface area (Å²) in [6.07, 6.45) is 4.05. The van der Waals surface area contributed by atoms with E-state index in [-0.39, 0.29) is 5.54 Å². The van der Waals surface area contributed by atoms with Crippen molar-refractivity contribution < 1.29 is 0 Å². The Kier molecular flexibility index (Phi) is 5.10. The molecule has 0 aliphatic rings. The maximum absolute atomic E-state index is 5.06. The van der Waals surface area contributed by atoms with Gasteiger partial charge in [-0.2, -0.15) is 0 Å². The number of rotatable bonds is 6. The van der Waals surface area contributed by atoms with Crippen molar-refractivity contribution in [3.63, 3.8) is 0 Å². The van der Waals surface area contributed by atoms with E-state index >= 15 is 0 Å². The smallest absolute Gasteiger partial charge is 0.0764 e. The number of aliphatic imine (C=N–C) groups is 1. The number of hydrogen-bond acceptors (Lipinski definition) is 1. The fourth-order valence-corrected chi connectivity index (χ4v) is 2.45. The van der Waals surface area contributed by atoms with Gasteiger partial charge in [0.25, 0.3) is 0 Å². The van der Waals surface area contributed by atoms with Crippen LogP contribution < -0.4 is 0 Å². The lowest BCUT2D eigenvalue weighted by atomic mass is 9.94. The Labute approximate surface area is 128 Å². The van der Waals surface area contributed by atoms with Crippen molar-refractivity contribution in [2.24, 2.45) is 4.99 Å². The lowest BCUT2D eigenvalue weighted by Gasteiger charge is -2.22. The van der Waals surface area contributed by atoms with Crippen molar-refractivity contribution in [2.45, 2.75) is 32.2 Å². The van der Waals surface area contributed by atoms with Gasteiger partial charge in [0.05, 0.1) is 11.3 Å². The predicted molar refractivity (Wildman–Crippen MR) is 92.0 cm³/mol. The van der Waals surface area contributed by atoms with Crippen LogP contribution in [0.1, 0.15) is 37.8 Å². The van der Waals surface area contributed by atoms with Gasteiger partial charge >= 0.3 is 0 Å². The fourth-order valence-electron chi connectivity index (χ4n) is 2.45. The molecule has 1 heteroatoms. The number of nitrogens with zero attached hydrogens (tertiary/aromatic N) is 1. The Hall–Kier alpha value is -2.15. The molecule has 1 nitrogen and oxygen atoms in total. The summed E-state index contributed by atoms with van der Waals surface area (Å²) in [4.78, 5) is 5.06. The van der Waals surface area contributed by atoms with Gasteiger partial charge < -0.3 is 0 Å². The molecule has 0 radical (unpaired) electrons. The van der Waals surface area contributed by atoms with Gasteiger partial charge in [0.1, 0.15) is 0 Å². The first-order valence-corrected chi connectivity index (χ1v) is 7.53. The second kappa shape index (κ2) is 7.03. The summed E-state index contributed by atoms with van der Waals surface area (Å²) in [5.41, 5.74) is 3.10. The molecule has 1 atom stereocenters. The van der Waals surface area contributed by atoms with Crippen molar-refractivity contribution in [1.82, 2.24) is 0 Å². The maximum atomic E-state index is 5.06. The average Bonchev–Trinajstić information content (AvgIpc) is 2.55. The van der Waals surface area contributed by atoms with Gasteiger partial charge in [-0.15, -0.1) is 6.58 Å². The molecule has 0 saturated carbocycles. The number of benzene rings is 2. The highest BCUT2D eigenvalue weighted by molar-refractivity contribution is 6.13. The first kappa shape index (κ1) is 15.2. The summed E-state index contributed by atoms with van der Waals surface area (Å²) in [6.45, 7) is 8.32. The van der Waals surface area contributed by atoms with Crippen molar-refractivity contribution >= 4 is 5.71 Å². The molecule has 0 heterocycles. The Balaban J connectivity index is 2.54. The SMILES string of the molecule is C=CC(C)(CCC)N=C(c1ccccc1)c1ccccc1. The van der Waals surface area contributed by atoms with Gasteiger partial charge in [0.15, 0.2) is 0 Å². The van der Waals surface area contributed by atoms with Crippen LogP contribution in [0.5, 0.6) is 0 Å². The zero-order valence-electron chi connectivity index (χ0n) is 12.9. The second-order valence-corrected chi connectivity index (χ2v) is 5.50. The molecule has 0 aliphatic heterocycles. The molecule has 0 N–H and O–H groups in total. The van der Waals surface area contributed by atoms with E-state index in [1.807, 2.05) is 18.2 Å². The van der Waals surface area contributed by atoms with E-state index < -0.39 is 0 Å². The van der Waals surface area contributed by atoms with E-state index in [9.17, 15) is 0 Å². The molecular weight excluding hydrogens is 254 g/mol. The molecule has 0 bridgehead atoms. The van der Waals surface area contributed by atoms with Crippen LogP contribution in [-0.4, -0.2) is 11.3 Å². The molecule has 0 saturated heterocycles. The highest BCUT2D eigenvalue weighted by Gasteiger charge is 2.19. The molecule has 1 unspecified atom stereocenters. The van der Waals surface area contributed by atoms with Crippen molar-refractivity contribution in [3.8, 4) is 0 Å². The Morgan fingerprint density at radius 1 is 1.00 bits per heavy atom. The third-order valence-electron chi connectivity index (χ3n) is 3.66. The minimum atomic E-state index is -0.226. The molecule has 0 aromatic heterocycles. The molecule has 108 valence electrons. The largest absolute Gasteiger partial charge is 0.274 e. The monoisotopic (exact) mass is 277 g/mol. The normalized spacial score (nSPS) is 13.2. The Bertz CT molecular complexity index is 557. The standard InChI is InChI=1S/C20H23N/c1-4-16-20(3,5-2)21-19(17-12-8-6-9-13-17)18-14-10-7-11-15-18/h5-15H,2,4,16H2,1,3H3. The molecule has 2 aromatic rings. The van der Waals surface area contributed by atoms with Crippen LogP contribution in [0.4, 0.5) is 0 Å². The highest BCUT2D eigenvalue weighted by atomic mass is 14.9. The van der Waals surface area contributed by atoms with Crippen molar-refractivity contribution in [1.29, 1.82) is 0 Å². The molecule has 21 heavy (non-hydrogen) atoms. The van der Waals surface area contributed by atoms with Crippen molar-refractivity contribution in [2.75, 3.05) is 0 Å². The van der Waals surface area contributed by atoms with Gasteiger partial charge in [-0.1, -0.05) is 80.1 Å². The number of hydrogen-bond donors (Lipinski definition) is 0. The molecule has 0 aliphatic carbocycles. The van der Waals surface area contributed by atoms with Crippen LogP contribution in [0.25, 0.3) is 0 Å². The summed E-state index contributed by atoms with van der Waals surface area (Å²) >= 11 is 0. The van der Waals surface area contributed by atoms with E-state index in [4.69, 9.17) is 4.99 Å². The summed E-state index contributed by atoms with van der Waals surface area (Å²) in [5, 5.41) is 0. The Morgan fingerprint density at radius 2 is 1.48 bits per heavy atom. The van der Waals surface area contributed by atoms with Crippen LogP contribution in [0, 0.1) is 0 Å². The van der Waals surface area contributed by atoms with Crippen LogP contribution in [0.3, 0.4) is 0 Å². The van der Waals surface area contributed by atoms with Crippen LogP contribution in [0.15, 0.2) is 78.3 Å². The first-order chi connectivity index (χ1) is 10.2. The zero-order chi connectivity index (χ0) is 15.1. The summed E-state index contributed by atoms with van der Waals surface area (Å²) in [6, 6.07) is 20.7. The van der Waals surface area contributed by atoms with E-state index in [0.717, 1.165) is 29.7 Å². The van der Waals surface area contributed by atoms with Gasteiger partial charge in [0, 0.05) is 11.1 Å². The maximum Gasteiger partial charge on any atom is 0.0764 e. The Morgan fingerprint density at radius 3 is 1.86 bits per heavy atom. The third kappa shape index (κ3) is 3.91. The minimum Gasteiger partial charge on any atom is -0.274 e. The lowest BCUT2D eigenvalue weighted by Crippen LogP contribution is -2.21. The predicted octanol–water partition coefficient (Wildman–Crippen LogP) is 5.27. The van der Waals surface area contributed by atoms with E-state index in [1.54, 1.807) is 0 Å². The molecular formula is C20H23N. The third-order valence-corrected chi connectivity index (χ3v) is 3.66. The summed E-state index contributed by atoms with van der Waals surface area (Å²) in [5.74, 6) is 0. The van der Waals surface area contributed by atoms with Gasteiger partial charge in [-0.3, -0.25) is 4.99 Å². The molecule has 0 amide bonds. The van der Waals surface area contributed by atoms with E-state index in [0.29, 0.717) is 0 Å². The van der Waals surface area contributed by atoms with E-state index in [2.05, 4.69) is 69.0 Å². The van der Waals surface area contributed by atoms with E-state index in [1.165, 1.54) is 0 Å². The van der Waals surface area contributed by atoms with Gasteiger partial charge in [-0.05, 0) is 13.3 Å². The van der Waals surface area contributed by atoms with Crippen LogP contribution >= 0.6 is 0 Å². The topological polar surface area (TPSA) is 12.4 Å². The van der Waals surface area contributed by atoms with Gasteiger partial charge in [0.2, 0.25) is 0 Å². The zero-order valence-corrected chi connectivity index (χ0v) is 12.9. The van der Waals surface area contributed by atoms with Crippen molar-refractivity contribution in [3.05, 3.63) is 84.4 Å².